The summed E-state index contributed by atoms with van der Waals surface area (Å²) in [4.78, 5) is 25.8. The fraction of sp³-hybridized carbons (Fsp3) is 0.429. The number of ether oxygens (including phenoxy) is 2. The Kier molecular flexibility index (Phi) is 3.88. The molecule has 0 saturated carbocycles. The molecule has 20 heavy (non-hydrogen) atoms. The quantitative estimate of drug-likeness (QED) is 0.792. The fourth-order valence-corrected chi connectivity index (χ4v) is 3.10. The van der Waals surface area contributed by atoms with Gasteiger partial charge >= 0.3 is 5.97 Å². The number of hydrogen-bond donors (Lipinski definition) is 0. The normalized spacial score (nSPS) is 21.1. The zero-order valence-electron chi connectivity index (χ0n) is 11.8. The van der Waals surface area contributed by atoms with E-state index in [1.165, 1.54) is 14.2 Å². The highest BCUT2D eigenvalue weighted by atomic mass is 79.9. The maximum Gasteiger partial charge on any atom is 0.339 e. The second-order valence-corrected chi connectivity index (χ2v) is 5.44. The van der Waals surface area contributed by atoms with Gasteiger partial charge in [0.2, 0.25) is 0 Å². The van der Waals surface area contributed by atoms with Gasteiger partial charge in [0, 0.05) is 24.2 Å². The predicted molar refractivity (Wildman–Crippen MR) is 77.9 cm³/mol. The van der Waals surface area contributed by atoms with Crippen LogP contribution in [0.5, 0.6) is 0 Å². The van der Waals surface area contributed by atoms with Crippen molar-refractivity contribution in [3.63, 3.8) is 0 Å². The number of benzene rings is 1. The van der Waals surface area contributed by atoms with Crippen LogP contribution in [0, 0.1) is 0 Å². The average molecular weight is 342 g/mol. The van der Waals surface area contributed by atoms with Crippen molar-refractivity contribution in [3.8, 4) is 0 Å². The number of methoxy groups -OCH3 is 2. The zero-order valence-corrected chi connectivity index (χ0v) is 13.4. The Hall–Kier alpha value is -1.40. The van der Waals surface area contributed by atoms with Gasteiger partial charge in [-0.25, -0.2) is 4.79 Å². The standard InChI is InChI=1S/C14H16BrNO4/c1-5-14(20-4)9-6-8(12(17)19-3)10(15)7-11(9)16(2)13(14)18/h6-7H,5H2,1-4H3. The molecule has 0 bridgehead atoms. The third-order valence-corrected chi connectivity index (χ3v) is 4.44. The van der Waals surface area contributed by atoms with Crippen molar-refractivity contribution in [2.45, 2.75) is 18.9 Å². The second-order valence-electron chi connectivity index (χ2n) is 4.59. The summed E-state index contributed by atoms with van der Waals surface area (Å²) in [6, 6.07) is 3.41. The number of hydrogen-bond acceptors (Lipinski definition) is 4. The van der Waals surface area contributed by atoms with Crippen molar-refractivity contribution < 1.29 is 19.1 Å². The van der Waals surface area contributed by atoms with Crippen LogP contribution in [0.3, 0.4) is 0 Å². The van der Waals surface area contributed by atoms with Crippen molar-refractivity contribution in [2.24, 2.45) is 0 Å². The van der Waals surface area contributed by atoms with Gasteiger partial charge in [0.15, 0.2) is 5.60 Å². The van der Waals surface area contributed by atoms with Gasteiger partial charge in [0.05, 0.1) is 18.4 Å². The first-order valence-corrected chi connectivity index (χ1v) is 6.97. The van der Waals surface area contributed by atoms with E-state index < -0.39 is 11.6 Å². The molecule has 1 unspecified atom stereocenters. The van der Waals surface area contributed by atoms with Crippen LogP contribution in [-0.2, 0) is 19.9 Å². The molecule has 0 aromatic heterocycles. The third-order valence-electron chi connectivity index (χ3n) is 3.78. The molecule has 1 aliphatic rings. The number of carbonyl (C=O) groups excluding carboxylic acids is 2. The van der Waals surface area contributed by atoms with Gasteiger partial charge in [0.25, 0.3) is 5.91 Å². The Balaban J connectivity index is 2.71. The summed E-state index contributed by atoms with van der Waals surface area (Å²) in [5, 5.41) is 0. The molecule has 1 atom stereocenters. The van der Waals surface area contributed by atoms with E-state index in [9.17, 15) is 9.59 Å². The lowest BCUT2D eigenvalue weighted by Gasteiger charge is -2.25. The van der Waals surface area contributed by atoms with Gasteiger partial charge in [-0.15, -0.1) is 0 Å². The fourth-order valence-electron chi connectivity index (χ4n) is 2.61. The molecule has 0 spiro atoms. The highest BCUT2D eigenvalue weighted by molar-refractivity contribution is 9.10. The van der Waals surface area contributed by atoms with Crippen LogP contribution in [-0.4, -0.2) is 33.1 Å². The van der Waals surface area contributed by atoms with Gasteiger partial charge < -0.3 is 14.4 Å². The Morgan fingerprint density at radius 3 is 2.55 bits per heavy atom. The number of nitrogens with zero attached hydrogens (tertiary/aromatic N) is 1. The number of fused-ring (bicyclic) bond motifs is 1. The van der Waals surface area contributed by atoms with Crippen LogP contribution in [0.4, 0.5) is 5.69 Å². The molecule has 108 valence electrons. The molecule has 0 saturated heterocycles. The molecule has 1 aromatic rings. The third kappa shape index (κ3) is 1.86. The van der Waals surface area contributed by atoms with Crippen molar-refractivity contribution >= 4 is 33.5 Å². The van der Waals surface area contributed by atoms with Crippen LogP contribution >= 0.6 is 15.9 Å². The van der Waals surface area contributed by atoms with E-state index in [1.54, 1.807) is 24.1 Å². The molecule has 0 fully saturated rings. The Bertz CT molecular complexity index is 581. The Morgan fingerprint density at radius 2 is 2.05 bits per heavy atom. The van der Waals surface area contributed by atoms with Crippen LogP contribution < -0.4 is 4.90 Å². The Labute approximate surface area is 126 Å². The van der Waals surface area contributed by atoms with Crippen molar-refractivity contribution in [1.29, 1.82) is 0 Å². The molecule has 1 heterocycles. The maximum atomic E-state index is 12.5. The lowest BCUT2D eigenvalue weighted by Crippen LogP contribution is -2.39. The lowest BCUT2D eigenvalue weighted by molar-refractivity contribution is -0.140. The summed E-state index contributed by atoms with van der Waals surface area (Å²) in [6.45, 7) is 1.88. The van der Waals surface area contributed by atoms with E-state index in [0.29, 0.717) is 22.0 Å². The molecule has 0 aliphatic carbocycles. The number of amides is 1. The smallest absolute Gasteiger partial charge is 0.339 e. The van der Waals surface area contributed by atoms with Crippen molar-refractivity contribution in [3.05, 3.63) is 27.7 Å². The van der Waals surface area contributed by atoms with Gasteiger partial charge in [-0.05, 0) is 34.5 Å². The summed E-state index contributed by atoms with van der Waals surface area (Å²) in [6.07, 6.45) is 0.488. The summed E-state index contributed by atoms with van der Waals surface area (Å²) < 4.78 is 10.9. The van der Waals surface area contributed by atoms with E-state index in [2.05, 4.69) is 15.9 Å². The first kappa shape index (κ1) is 15.0. The van der Waals surface area contributed by atoms with E-state index in [4.69, 9.17) is 9.47 Å². The highest BCUT2D eigenvalue weighted by Gasteiger charge is 2.49. The maximum absolute atomic E-state index is 12.5. The SMILES string of the molecule is CCC1(OC)C(=O)N(C)c2cc(Br)c(C(=O)OC)cc21. The predicted octanol–water partition coefficient (Wildman–Crippen LogP) is 2.46. The first-order valence-electron chi connectivity index (χ1n) is 6.18. The first-order chi connectivity index (χ1) is 9.42. The number of halogens is 1. The van der Waals surface area contributed by atoms with Crippen LogP contribution in [0.2, 0.25) is 0 Å². The summed E-state index contributed by atoms with van der Waals surface area (Å²) in [7, 11) is 4.52. The van der Waals surface area contributed by atoms with Gasteiger partial charge in [-0.3, -0.25) is 4.79 Å². The molecule has 1 amide bonds. The number of carbonyl (C=O) groups is 2. The van der Waals surface area contributed by atoms with Gasteiger partial charge in [0.1, 0.15) is 0 Å². The minimum absolute atomic E-state index is 0.133. The molecule has 5 nitrogen and oxygen atoms in total. The number of rotatable bonds is 3. The molecule has 0 radical (unpaired) electrons. The molecule has 0 N–H and O–H groups in total. The van der Waals surface area contributed by atoms with Crippen LogP contribution in [0.25, 0.3) is 0 Å². The topological polar surface area (TPSA) is 55.8 Å². The number of anilines is 1. The number of likely N-dealkylation sites (N-methyl/N-ethyl adjacent to an activating group) is 1. The highest BCUT2D eigenvalue weighted by Crippen LogP contribution is 2.45. The molecular weight excluding hydrogens is 326 g/mol. The summed E-state index contributed by atoms with van der Waals surface area (Å²) >= 11 is 3.34. The van der Waals surface area contributed by atoms with Gasteiger partial charge in [-0.1, -0.05) is 6.92 Å². The van der Waals surface area contributed by atoms with E-state index >= 15 is 0 Å². The van der Waals surface area contributed by atoms with Crippen LogP contribution in [0.1, 0.15) is 29.3 Å². The van der Waals surface area contributed by atoms with E-state index in [1.807, 2.05) is 6.92 Å². The molecule has 6 heteroatoms. The minimum atomic E-state index is -1.03. The number of esters is 1. The lowest BCUT2D eigenvalue weighted by atomic mass is 9.91. The minimum Gasteiger partial charge on any atom is -0.465 e. The molecule has 1 aromatic carbocycles. The average Bonchev–Trinajstić information content (AvgIpc) is 2.66. The second kappa shape index (κ2) is 5.18. The van der Waals surface area contributed by atoms with Crippen LogP contribution in [0.15, 0.2) is 16.6 Å². The zero-order chi connectivity index (χ0) is 15.1. The molecular formula is C14H16BrNO4. The largest absolute Gasteiger partial charge is 0.465 e. The van der Waals surface area contributed by atoms with E-state index in [-0.39, 0.29) is 5.91 Å². The molecule has 1 aliphatic heterocycles. The summed E-state index contributed by atoms with van der Waals surface area (Å²) in [5.74, 6) is -0.589. The monoisotopic (exact) mass is 341 g/mol. The van der Waals surface area contributed by atoms with Crippen molar-refractivity contribution in [2.75, 3.05) is 26.2 Å². The van der Waals surface area contributed by atoms with E-state index in [0.717, 1.165) is 5.69 Å². The van der Waals surface area contributed by atoms with Gasteiger partial charge in [-0.2, -0.15) is 0 Å². The van der Waals surface area contributed by atoms with Crippen molar-refractivity contribution in [1.82, 2.24) is 0 Å². The Morgan fingerprint density at radius 1 is 1.40 bits per heavy atom. The molecule has 2 rings (SSSR count). The summed E-state index contributed by atoms with van der Waals surface area (Å²) in [5.41, 5.74) is 0.772.